The molecule has 0 amide bonds. The van der Waals surface area contributed by atoms with Crippen LogP contribution < -0.4 is 11.0 Å². The van der Waals surface area contributed by atoms with Crippen molar-refractivity contribution in [2.24, 2.45) is 0 Å². The van der Waals surface area contributed by atoms with Gasteiger partial charge in [0.05, 0.1) is 17.6 Å². The zero-order chi connectivity index (χ0) is 20.4. The first-order valence-corrected chi connectivity index (χ1v) is 9.54. The van der Waals surface area contributed by atoms with Gasteiger partial charge in [-0.15, -0.1) is 24.4 Å². The Kier molecular flexibility index (Phi) is 8.20. The number of halogens is 1. The molecule has 0 atom stereocenters. The molecule has 3 rings (SSSR count). The second-order valence-electron chi connectivity index (χ2n) is 5.98. The number of allylic oxidation sites excluding steroid dienone is 4. The third-order valence-corrected chi connectivity index (χ3v) is 4.24. The van der Waals surface area contributed by atoms with Crippen LogP contribution in [0.2, 0.25) is 0 Å². The largest absolute Gasteiger partial charge is 0.355 e. The summed E-state index contributed by atoms with van der Waals surface area (Å²) in [4.78, 5) is 15.4. The summed E-state index contributed by atoms with van der Waals surface area (Å²) < 4.78 is 1.74. The van der Waals surface area contributed by atoms with Crippen LogP contribution in [0.1, 0.15) is 13.3 Å². The average molecular weight is 394 g/mol. The Balaban J connectivity index is 0.00000136. The maximum Gasteiger partial charge on any atom is 0.326 e. The van der Waals surface area contributed by atoms with Crippen molar-refractivity contribution in [2.45, 2.75) is 19.9 Å². The minimum atomic E-state index is -0.123. The molecule has 0 aliphatic rings. The van der Waals surface area contributed by atoms with Crippen molar-refractivity contribution >= 4 is 34.0 Å². The molecule has 28 heavy (non-hydrogen) atoms. The molecule has 2 N–H and O–H groups in total. The number of hydrogen-bond donors (Lipinski definition) is 2. The molecule has 0 fully saturated rings. The first-order chi connectivity index (χ1) is 13.7. The molecular weight excluding hydrogens is 370 g/mol. The van der Waals surface area contributed by atoms with Gasteiger partial charge in [-0.1, -0.05) is 43.4 Å². The minimum absolute atomic E-state index is 0.123. The van der Waals surface area contributed by atoms with Gasteiger partial charge >= 0.3 is 5.69 Å². The summed E-state index contributed by atoms with van der Waals surface area (Å²) in [6, 6.07) is 15.8. The van der Waals surface area contributed by atoms with Crippen LogP contribution in [0.5, 0.6) is 0 Å². The number of anilines is 2. The van der Waals surface area contributed by atoms with Crippen LogP contribution in [-0.4, -0.2) is 15.4 Å². The Bertz CT molecular complexity index is 1030. The van der Waals surface area contributed by atoms with Gasteiger partial charge in [-0.05, 0) is 42.3 Å². The van der Waals surface area contributed by atoms with Gasteiger partial charge in [0.1, 0.15) is 0 Å². The van der Waals surface area contributed by atoms with E-state index in [1.165, 1.54) is 0 Å². The predicted octanol–water partition coefficient (Wildman–Crippen LogP) is 5.45. The van der Waals surface area contributed by atoms with Crippen molar-refractivity contribution in [3.63, 3.8) is 0 Å². The molecule has 0 bridgehead atoms. The Labute approximate surface area is 170 Å². The molecule has 0 saturated carbocycles. The lowest BCUT2D eigenvalue weighted by atomic mass is 10.2. The number of nitrogens with zero attached hydrogens (tertiary/aromatic N) is 1. The number of benzene rings is 2. The van der Waals surface area contributed by atoms with Gasteiger partial charge < -0.3 is 10.3 Å². The van der Waals surface area contributed by atoms with E-state index in [2.05, 4.69) is 36.1 Å². The predicted molar refractivity (Wildman–Crippen MR) is 120 cm³/mol. The zero-order valence-corrected chi connectivity index (χ0v) is 16.6. The van der Waals surface area contributed by atoms with Crippen LogP contribution in [0.4, 0.5) is 11.4 Å². The molecule has 0 spiro atoms. The van der Waals surface area contributed by atoms with E-state index in [9.17, 15) is 4.79 Å². The van der Waals surface area contributed by atoms with Gasteiger partial charge in [0, 0.05) is 17.3 Å². The Morgan fingerprint density at radius 3 is 2.61 bits per heavy atom. The highest BCUT2D eigenvalue weighted by Crippen LogP contribution is 2.21. The van der Waals surface area contributed by atoms with E-state index in [4.69, 9.17) is 11.6 Å². The number of H-pyrrole nitrogens is 1. The molecular formula is C23H24ClN3O. The fraction of sp³-hybridized carbons (Fsp3) is 0.174. The lowest BCUT2D eigenvalue weighted by Gasteiger charge is -2.08. The number of imidazole rings is 1. The van der Waals surface area contributed by atoms with E-state index in [-0.39, 0.29) is 5.69 Å². The van der Waals surface area contributed by atoms with Crippen LogP contribution in [0.3, 0.4) is 0 Å². The van der Waals surface area contributed by atoms with Gasteiger partial charge in [0.15, 0.2) is 0 Å². The summed E-state index contributed by atoms with van der Waals surface area (Å²) in [6.45, 7) is 2.57. The molecule has 1 aromatic heterocycles. The number of rotatable bonds is 7. The van der Waals surface area contributed by atoms with Gasteiger partial charge in [-0.3, -0.25) is 4.57 Å². The molecule has 0 aliphatic carbocycles. The van der Waals surface area contributed by atoms with Gasteiger partial charge in [-0.2, -0.15) is 0 Å². The molecule has 4 nitrogen and oxygen atoms in total. The molecule has 1 heterocycles. The molecule has 0 radical (unpaired) electrons. The van der Waals surface area contributed by atoms with Crippen LogP contribution in [0.15, 0.2) is 77.1 Å². The number of aromatic nitrogens is 2. The summed E-state index contributed by atoms with van der Waals surface area (Å²) in [5.74, 6) is 0.422. The van der Waals surface area contributed by atoms with Crippen LogP contribution in [-0.2, 0) is 6.54 Å². The fourth-order valence-electron chi connectivity index (χ4n) is 2.82. The Morgan fingerprint density at radius 1 is 1.18 bits per heavy atom. The second-order valence-corrected chi connectivity index (χ2v) is 6.29. The van der Waals surface area contributed by atoms with Gasteiger partial charge in [-0.25, -0.2) is 4.79 Å². The molecule has 5 heteroatoms. The molecule has 144 valence electrons. The van der Waals surface area contributed by atoms with E-state index in [0.717, 1.165) is 34.4 Å². The van der Waals surface area contributed by atoms with Crippen molar-refractivity contribution in [1.82, 2.24) is 9.55 Å². The number of aromatic amines is 1. The zero-order valence-electron chi connectivity index (χ0n) is 15.9. The van der Waals surface area contributed by atoms with Crippen LogP contribution in [0.25, 0.3) is 11.0 Å². The number of hydrogen-bond acceptors (Lipinski definition) is 2. The lowest BCUT2D eigenvalue weighted by Crippen LogP contribution is -2.17. The maximum atomic E-state index is 12.4. The van der Waals surface area contributed by atoms with E-state index in [1.807, 2.05) is 60.7 Å². The average Bonchev–Trinajstić information content (AvgIpc) is 3.03. The summed E-state index contributed by atoms with van der Waals surface area (Å²) in [5, 5.41) is 3.34. The number of alkyl halides is 1. The first kappa shape index (κ1) is 21.1. The number of nitrogens with one attached hydrogen (secondary N) is 2. The number of para-hydroxylation sites is 1. The summed E-state index contributed by atoms with van der Waals surface area (Å²) >= 11 is 5.86. The van der Waals surface area contributed by atoms with Crippen LogP contribution in [0, 0.1) is 12.8 Å². The Morgan fingerprint density at radius 2 is 1.93 bits per heavy atom. The van der Waals surface area contributed by atoms with E-state index < -0.39 is 0 Å². The molecule has 2 aromatic carbocycles. The quantitative estimate of drug-likeness (QED) is 0.318. The molecule has 0 unspecified atom stereocenters. The van der Waals surface area contributed by atoms with Crippen LogP contribution >= 0.6 is 11.6 Å². The molecule has 0 saturated heterocycles. The van der Waals surface area contributed by atoms with Crippen molar-refractivity contribution in [3.8, 4) is 12.8 Å². The topological polar surface area (TPSA) is 49.8 Å². The lowest BCUT2D eigenvalue weighted by molar-refractivity contribution is 0.784. The standard InChI is InChI=1S/C21H22ClN3O.C2H2/c1-2-3-7-16(12-13-22)15-25-20-11-10-18(14-19(20)24-21(25)26)23-17-8-5-4-6-9-17;1-2/h3-12,14,23H,2,13,15H2,1H3,(H,24,26);1-2H/b7-3-,16-12+;. The monoisotopic (exact) mass is 393 g/mol. The highest BCUT2D eigenvalue weighted by Gasteiger charge is 2.08. The normalized spacial score (nSPS) is 11.4. The highest BCUT2D eigenvalue weighted by molar-refractivity contribution is 6.18. The third-order valence-electron chi connectivity index (χ3n) is 4.08. The second kappa shape index (κ2) is 10.9. The van der Waals surface area contributed by atoms with Crippen molar-refractivity contribution < 1.29 is 0 Å². The summed E-state index contributed by atoms with van der Waals surface area (Å²) in [5.41, 5.74) is 4.52. The Hall–Kier alpha value is -3.16. The SMILES string of the molecule is C#C.CC/C=C\C(=C/CCl)Cn1c(=O)[nH]c2cc(Nc3ccccc3)ccc21. The summed E-state index contributed by atoms with van der Waals surface area (Å²) in [7, 11) is 0. The van der Waals surface area contributed by atoms with Gasteiger partial charge in [0.2, 0.25) is 0 Å². The summed E-state index contributed by atoms with van der Waals surface area (Å²) in [6.07, 6.45) is 15.0. The number of terminal acetylenes is 1. The van der Waals surface area contributed by atoms with Gasteiger partial charge in [0.25, 0.3) is 0 Å². The first-order valence-electron chi connectivity index (χ1n) is 9.00. The van der Waals surface area contributed by atoms with Crippen molar-refractivity contribution in [3.05, 3.63) is 82.8 Å². The van der Waals surface area contributed by atoms with Crippen molar-refractivity contribution in [2.75, 3.05) is 11.2 Å². The van der Waals surface area contributed by atoms with E-state index >= 15 is 0 Å². The number of fused-ring (bicyclic) bond motifs is 1. The smallest absolute Gasteiger partial charge is 0.326 e. The fourth-order valence-corrected chi connectivity index (χ4v) is 3.02. The molecule has 0 aliphatic heterocycles. The van der Waals surface area contributed by atoms with E-state index in [1.54, 1.807) is 4.57 Å². The van der Waals surface area contributed by atoms with E-state index in [0.29, 0.717) is 12.4 Å². The minimum Gasteiger partial charge on any atom is -0.355 e. The molecule has 3 aromatic rings. The maximum absolute atomic E-state index is 12.4. The highest BCUT2D eigenvalue weighted by atomic mass is 35.5. The van der Waals surface area contributed by atoms with Crippen molar-refractivity contribution in [1.29, 1.82) is 0 Å². The third kappa shape index (κ3) is 5.42.